The molecule has 1 atom stereocenters. The molecule has 0 aliphatic carbocycles. The van der Waals surface area contributed by atoms with Crippen LogP contribution in [0.25, 0.3) is 5.00 Å². The average Bonchev–Trinajstić information content (AvgIpc) is 3.41. The van der Waals surface area contributed by atoms with Crippen molar-refractivity contribution in [2.24, 2.45) is 0 Å². The summed E-state index contributed by atoms with van der Waals surface area (Å²) in [7, 11) is 0. The van der Waals surface area contributed by atoms with Crippen LogP contribution in [0.5, 0.6) is 0 Å². The maximum Gasteiger partial charge on any atom is 0.319 e. The number of aryl methyl sites for hydroxylation is 1. The SMILES string of the molecule is CCc1ccc(NC(=O)N[C@@H](C)c2c(-n3cccc3)sc3c2CCN(CC)C3)cc1. The summed E-state index contributed by atoms with van der Waals surface area (Å²) in [6.07, 6.45) is 6.19. The maximum atomic E-state index is 12.7. The quantitative estimate of drug-likeness (QED) is 0.562. The number of likely N-dealkylation sites (N-methyl/N-ethyl adjacent to an activating group) is 1. The second-order valence-corrected chi connectivity index (χ2v) is 8.89. The number of amides is 2. The minimum Gasteiger partial charge on any atom is -0.331 e. The number of hydrogen-bond acceptors (Lipinski definition) is 3. The zero-order chi connectivity index (χ0) is 21.1. The average molecular weight is 423 g/mol. The smallest absolute Gasteiger partial charge is 0.319 e. The van der Waals surface area contributed by atoms with E-state index in [0.29, 0.717) is 0 Å². The molecule has 2 N–H and O–H groups in total. The van der Waals surface area contributed by atoms with Gasteiger partial charge in [-0.2, -0.15) is 0 Å². The molecule has 0 fully saturated rings. The number of nitrogens with one attached hydrogen (secondary N) is 2. The first-order valence-electron chi connectivity index (χ1n) is 10.8. The number of thiophene rings is 1. The number of carbonyl (C=O) groups is 1. The van der Waals surface area contributed by atoms with Crippen LogP contribution in [0.1, 0.15) is 48.4 Å². The Morgan fingerprint density at radius 1 is 1.17 bits per heavy atom. The van der Waals surface area contributed by atoms with Crippen molar-refractivity contribution >= 4 is 23.1 Å². The summed E-state index contributed by atoms with van der Waals surface area (Å²) in [6, 6.07) is 11.9. The lowest BCUT2D eigenvalue weighted by atomic mass is 9.98. The highest BCUT2D eigenvalue weighted by Crippen LogP contribution is 2.39. The predicted octanol–water partition coefficient (Wildman–Crippen LogP) is 5.36. The van der Waals surface area contributed by atoms with Crippen LogP contribution in [-0.4, -0.2) is 28.6 Å². The Kier molecular flexibility index (Phi) is 6.25. The van der Waals surface area contributed by atoms with Gasteiger partial charge in [0.1, 0.15) is 5.00 Å². The van der Waals surface area contributed by atoms with E-state index in [-0.39, 0.29) is 12.1 Å². The third kappa shape index (κ3) is 4.30. The molecule has 0 spiro atoms. The van der Waals surface area contributed by atoms with Crippen LogP contribution in [0.4, 0.5) is 10.5 Å². The highest BCUT2D eigenvalue weighted by Gasteiger charge is 2.27. The lowest BCUT2D eigenvalue weighted by Crippen LogP contribution is -2.33. The Morgan fingerprint density at radius 2 is 1.90 bits per heavy atom. The van der Waals surface area contributed by atoms with Gasteiger partial charge in [-0.05, 0) is 61.7 Å². The Balaban J connectivity index is 1.56. The van der Waals surface area contributed by atoms with Crippen molar-refractivity contribution in [3.63, 3.8) is 0 Å². The van der Waals surface area contributed by atoms with Crippen molar-refractivity contribution in [1.82, 2.24) is 14.8 Å². The molecule has 1 aliphatic rings. The molecule has 3 heterocycles. The normalized spacial score (nSPS) is 14.9. The van der Waals surface area contributed by atoms with Gasteiger partial charge in [0.15, 0.2) is 0 Å². The van der Waals surface area contributed by atoms with Crippen molar-refractivity contribution in [2.75, 3.05) is 18.4 Å². The molecule has 1 aromatic carbocycles. The Bertz CT molecular complexity index is 991. The lowest BCUT2D eigenvalue weighted by molar-refractivity contribution is 0.249. The van der Waals surface area contributed by atoms with Crippen LogP contribution >= 0.6 is 11.3 Å². The van der Waals surface area contributed by atoms with E-state index in [9.17, 15) is 4.79 Å². The summed E-state index contributed by atoms with van der Waals surface area (Å²) in [5, 5.41) is 7.35. The van der Waals surface area contributed by atoms with Gasteiger partial charge in [-0.15, -0.1) is 11.3 Å². The molecule has 0 saturated carbocycles. The van der Waals surface area contributed by atoms with Crippen LogP contribution in [-0.2, 0) is 19.4 Å². The summed E-state index contributed by atoms with van der Waals surface area (Å²) < 4.78 is 2.17. The number of aromatic nitrogens is 1. The third-order valence-corrected chi connectivity index (χ3v) is 7.09. The van der Waals surface area contributed by atoms with E-state index in [1.54, 1.807) is 0 Å². The van der Waals surface area contributed by atoms with E-state index in [1.165, 1.54) is 26.6 Å². The van der Waals surface area contributed by atoms with Gasteiger partial charge in [-0.25, -0.2) is 4.79 Å². The molecule has 2 amide bonds. The second-order valence-electron chi connectivity index (χ2n) is 7.80. The number of benzene rings is 1. The molecule has 2 aromatic heterocycles. The van der Waals surface area contributed by atoms with Crippen molar-refractivity contribution in [3.8, 4) is 5.00 Å². The van der Waals surface area contributed by atoms with E-state index in [4.69, 9.17) is 0 Å². The molecule has 0 bridgehead atoms. The van der Waals surface area contributed by atoms with Crippen LogP contribution in [0.3, 0.4) is 0 Å². The van der Waals surface area contributed by atoms with E-state index in [1.807, 2.05) is 35.6 Å². The van der Waals surface area contributed by atoms with Crippen LogP contribution < -0.4 is 10.6 Å². The summed E-state index contributed by atoms with van der Waals surface area (Å²) in [6.45, 7) is 9.56. The molecule has 1 aliphatic heterocycles. The monoisotopic (exact) mass is 422 g/mol. The van der Waals surface area contributed by atoms with Crippen LogP contribution in [0.15, 0.2) is 48.8 Å². The van der Waals surface area contributed by atoms with Crippen LogP contribution in [0, 0.1) is 0 Å². The van der Waals surface area contributed by atoms with E-state index in [0.717, 1.165) is 38.2 Å². The zero-order valence-electron chi connectivity index (χ0n) is 17.9. The number of fused-ring (bicyclic) bond motifs is 1. The fourth-order valence-electron chi connectivity index (χ4n) is 4.10. The third-order valence-electron chi connectivity index (χ3n) is 5.84. The molecule has 6 heteroatoms. The summed E-state index contributed by atoms with van der Waals surface area (Å²) in [4.78, 5) is 16.6. The fraction of sp³-hybridized carbons (Fsp3) is 0.375. The van der Waals surface area contributed by atoms with E-state index >= 15 is 0 Å². The molecular formula is C24H30N4OS. The predicted molar refractivity (Wildman–Crippen MR) is 125 cm³/mol. The molecule has 0 unspecified atom stereocenters. The minimum absolute atomic E-state index is 0.0782. The Hall–Kier alpha value is -2.57. The molecule has 5 nitrogen and oxygen atoms in total. The Morgan fingerprint density at radius 3 is 2.57 bits per heavy atom. The van der Waals surface area contributed by atoms with E-state index in [2.05, 4.69) is 65.4 Å². The summed E-state index contributed by atoms with van der Waals surface area (Å²) in [5.41, 5.74) is 4.73. The number of nitrogens with zero attached hydrogens (tertiary/aromatic N) is 2. The van der Waals surface area contributed by atoms with Gasteiger partial charge >= 0.3 is 6.03 Å². The van der Waals surface area contributed by atoms with Gasteiger partial charge in [0.05, 0.1) is 6.04 Å². The molecule has 0 saturated heterocycles. The second kappa shape index (κ2) is 9.06. The lowest BCUT2D eigenvalue weighted by Gasteiger charge is -2.26. The molecule has 3 aromatic rings. The molecule has 158 valence electrons. The molecule has 0 radical (unpaired) electrons. The van der Waals surface area contributed by atoms with Crippen molar-refractivity contribution in [1.29, 1.82) is 0 Å². The van der Waals surface area contributed by atoms with Gasteiger partial charge in [0.25, 0.3) is 0 Å². The number of rotatable bonds is 6. The number of anilines is 1. The Labute approximate surface area is 182 Å². The maximum absolute atomic E-state index is 12.7. The van der Waals surface area contributed by atoms with Crippen LogP contribution in [0.2, 0.25) is 0 Å². The largest absolute Gasteiger partial charge is 0.331 e. The van der Waals surface area contributed by atoms with Crippen molar-refractivity contribution in [2.45, 2.75) is 46.2 Å². The highest BCUT2D eigenvalue weighted by atomic mass is 32.1. The van der Waals surface area contributed by atoms with Gasteiger partial charge in [0.2, 0.25) is 0 Å². The number of hydrogen-bond donors (Lipinski definition) is 2. The molecule has 4 rings (SSSR count). The first-order valence-corrected chi connectivity index (χ1v) is 11.6. The number of urea groups is 1. The molecular weight excluding hydrogens is 392 g/mol. The van der Waals surface area contributed by atoms with Crippen molar-refractivity contribution < 1.29 is 4.79 Å². The summed E-state index contributed by atoms with van der Waals surface area (Å²) in [5.74, 6) is 0. The highest BCUT2D eigenvalue weighted by molar-refractivity contribution is 7.15. The number of carbonyl (C=O) groups excluding carboxylic acids is 1. The first kappa shape index (κ1) is 20.7. The fourth-order valence-corrected chi connectivity index (χ4v) is 5.56. The molecule has 30 heavy (non-hydrogen) atoms. The van der Waals surface area contributed by atoms with Gasteiger partial charge in [0, 0.05) is 41.6 Å². The topological polar surface area (TPSA) is 49.3 Å². The van der Waals surface area contributed by atoms with Gasteiger partial charge in [-0.3, -0.25) is 4.90 Å². The standard InChI is InChI=1S/C24H30N4OS/c1-4-18-8-10-19(11-9-18)26-24(29)25-17(3)22-20-12-15-27(5-2)16-21(20)30-23(22)28-13-6-7-14-28/h6-11,13-14,17H,4-5,12,15-16H2,1-3H3,(H2,25,26,29)/t17-/m0/s1. The van der Waals surface area contributed by atoms with Gasteiger partial charge < -0.3 is 15.2 Å². The van der Waals surface area contributed by atoms with E-state index < -0.39 is 0 Å². The first-order chi connectivity index (χ1) is 14.6. The minimum atomic E-state index is -0.170. The van der Waals surface area contributed by atoms with Crippen molar-refractivity contribution in [3.05, 3.63) is 70.4 Å². The summed E-state index contributed by atoms with van der Waals surface area (Å²) >= 11 is 1.85. The zero-order valence-corrected chi connectivity index (χ0v) is 18.8. The van der Waals surface area contributed by atoms with Gasteiger partial charge in [-0.1, -0.05) is 26.0 Å².